The second-order valence-corrected chi connectivity index (χ2v) is 10.3. The molecule has 9 nitrogen and oxygen atoms in total. The minimum absolute atomic E-state index is 0.0221. The van der Waals surface area contributed by atoms with Crippen LogP contribution < -0.4 is 10.0 Å². The number of carbonyl (C=O) groups is 2. The van der Waals surface area contributed by atoms with E-state index in [9.17, 15) is 18.0 Å². The van der Waals surface area contributed by atoms with Crippen LogP contribution in [0.15, 0.2) is 34.2 Å². The Morgan fingerprint density at radius 1 is 1.27 bits per heavy atom. The fourth-order valence-electron chi connectivity index (χ4n) is 4.14. The van der Waals surface area contributed by atoms with E-state index < -0.39 is 16.1 Å². The van der Waals surface area contributed by atoms with Gasteiger partial charge in [-0.15, -0.1) is 0 Å². The standard InChI is InChI=1S/C23H34N4O5S/c1-4-16(2)20(25-21-18-8-5-6-9-19(18)33(30,31)26-21)23(29)27-13-10-17(11-14-27)22(28)24-12-7-15-32-3/h5-6,8-9,16-17,20H,4,7,10-15H2,1-3H3,(H,24,28)(H,25,26)/t16-,20-/m0/s1. The molecule has 2 aliphatic heterocycles. The maximum atomic E-state index is 13.4. The van der Waals surface area contributed by atoms with Crippen LogP contribution in [0.3, 0.4) is 0 Å². The SMILES string of the molecule is CC[C@H](C)[C@H](N=C1NS(=O)(=O)c2ccccc21)C(=O)N1CCC(C(=O)NCCCOC)CC1. The number of benzene rings is 1. The third-order valence-electron chi connectivity index (χ3n) is 6.37. The van der Waals surface area contributed by atoms with Crippen molar-refractivity contribution in [3.63, 3.8) is 0 Å². The van der Waals surface area contributed by atoms with Crippen molar-refractivity contribution in [2.75, 3.05) is 33.4 Å². The molecule has 0 saturated carbocycles. The van der Waals surface area contributed by atoms with Crippen molar-refractivity contribution in [2.24, 2.45) is 16.8 Å². The van der Waals surface area contributed by atoms with E-state index in [0.717, 1.165) is 12.8 Å². The molecule has 1 aromatic carbocycles. The zero-order valence-corrected chi connectivity index (χ0v) is 20.4. The lowest BCUT2D eigenvalue weighted by atomic mass is 9.93. The molecular formula is C23H34N4O5S. The number of nitrogens with zero attached hydrogens (tertiary/aromatic N) is 2. The summed E-state index contributed by atoms with van der Waals surface area (Å²) in [4.78, 5) is 32.3. The number of piperidine rings is 1. The number of fused-ring (bicyclic) bond motifs is 1. The molecule has 0 aromatic heterocycles. The smallest absolute Gasteiger partial charge is 0.263 e. The van der Waals surface area contributed by atoms with Gasteiger partial charge in [0.25, 0.3) is 10.0 Å². The van der Waals surface area contributed by atoms with E-state index in [0.29, 0.717) is 44.6 Å². The van der Waals surface area contributed by atoms with Crippen LogP contribution in [0.5, 0.6) is 0 Å². The van der Waals surface area contributed by atoms with Gasteiger partial charge in [0.2, 0.25) is 11.8 Å². The van der Waals surface area contributed by atoms with E-state index in [2.05, 4.69) is 15.0 Å². The summed E-state index contributed by atoms with van der Waals surface area (Å²) in [5.74, 6) is -0.0645. The van der Waals surface area contributed by atoms with Crippen LogP contribution in [-0.4, -0.2) is 70.4 Å². The van der Waals surface area contributed by atoms with Crippen molar-refractivity contribution < 1.29 is 22.7 Å². The molecule has 0 bridgehead atoms. The van der Waals surface area contributed by atoms with Crippen LogP contribution in [0, 0.1) is 11.8 Å². The minimum atomic E-state index is -3.67. The monoisotopic (exact) mass is 478 g/mol. The number of nitrogens with one attached hydrogen (secondary N) is 2. The number of amides is 2. The van der Waals surface area contributed by atoms with Crippen molar-refractivity contribution in [3.8, 4) is 0 Å². The number of rotatable bonds is 9. The molecule has 2 amide bonds. The highest BCUT2D eigenvalue weighted by Crippen LogP contribution is 2.26. The normalized spacial score (nSPS) is 20.7. The number of hydrogen-bond acceptors (Lipinski definition) is 6. The number of likely N-dealkylation sites (tertiary alicyclic amines) is 1. The first-order valence-electron chi connectivity index (χ1n) is 11.5. The second kappa shape index (κ2) is 11.1. The Morgan fingerprint density at radius 2 is 1.97 bits per heavy atom. The van der Waals surface area contributed by atoms with Gasteiger partial charge in [0, 0.05) is 44.8 Å². The van der Waals surface area contributed by atoms with Gasteiger partial charge >= 0.3 is 0 Å². The first-order valence-corrected chi connectivity index (χ1v) is 13.0. The molecule has 1 fully saturated rings. The molecule has 0 spiro atoms. The van der Waals surface area contributed by atoms with Crippen LogP contribution in [0.1, 0.15) is 45.1 Å². The molecule has 0 radical (unpaired) electrons. The Kier molecular flexibility index (Phi) is 8.47. The number of ether oxygens (including phenoxy) is 1. The maximum Gasteiger partial charge on any atom is 0.263 e. The minimum Gasteiger partial charge on any atom is -0.385 e. The fraction of sp³-hybridized carbons (Fsp3) is 0.609. The number of hydrogen-bond donors (Lipinski definition) is 2. The number of methoxy groups -OCH3 is 1. The molecule has 1 aromatic rings. The van der Waals surface area contributed by atoms with Crippen molar-refractivity contribution >= 4 is 27.7 Å². The first-order chi connectivity index (χ1) is 15.8. The zero-order chi connectivity index (χ0) is 24.0. The molecule has 182 valence electrons. The summed E-state index contributed by atoms with van der Waals surface area (Å²) in [7, 11) is -2.04. The molecule has 0 aliphatic carbocycles. The Labute approximate surface area is 196 Å². The Balaban J connectivity index is 1.68. The third-order valence-corrected chi connectivity index (χ3v) is 7.77. The largest absolute Gasteiger partial charge is 0.385 e. The average Bonchev–Trinajstić information content (AvgIpc) is 3.09. The summed E-state index contributed by atoms with van der Waals surface area (Å²) in [6.07, 6.45) is 2.69. The summed E-state index contributed by atoms with van der Waals surface area (Å²) in [5.41, 5.74) is 0.488. The molecule has 33 heavy (non-hydrogen) atoms. The summed E-state index contributed by atoms with van der Waals surface area (Å²) in [6.45, 7) is 6.08. The number of carbonyl (C=O) groups excluding carboxylic acids is 2. The van der Waals surface area contributed by atoms with E-state index in [-0.39, 0.29) is 34.4 Å². The lowest BCUT2D eigenvalue weighted by Crippen LogP contribution is -2.48. The van der Waals surface area contributed by atoms with Crippen LogP contribution in [0.4, 0.5) is 0 Å². The van der Waals surface area contributed by atoms with E-state index in [1.165, 1.54) is 6.07 Å². The molecule has 1 saturated heterocycles. The highest BCUT2D eigenvalue weighted by atomic mass is 32.2. The second-order valence-electron chi connectivity index (χ2n) is 8.65. The highest BCUT2D eigenvalue weighted by Gasteiger charge is 2.36. The lowest BCUT2D eigenvalue weighted by Gasteiger charge is -2.34. The van der Waals surface area contributed by atoms with Gasteiger partial charge in [-0.05, 0) is 37.3 Å². The van der Waals surface area contributed by atoms with E-state index in [1.807, 2.05) is 13.8 Å². The average molecular weight is 479 g/mol. The van der Waals surface area contributed by atoms with Crippen LogP contribution >= 0.6 is 0 Å². The summed E-state index contributed by atoms with van der Waals surface area (Å²) >= 11 is 0. The van der Waals surface area contributed by atoms with Gasteiger partial charge in [-0.1, -0.05) is 32.4 Å². The zero-order valence-electron chi connectivity index (χ0n) is 19.5. The summed E-state index contributed by atoms with van der Waals surface area (Å²) in [5, 5.41) is 2.94. The van der Waals surface area contributed by atoms with Gasteiger partial charge in [-0.25, -0.2) is 8.42 Å². The van der Waals surface area contributed by atoms with E-state index >= 15 is 0 Å². The quantitative estimate of drug-likeness (QED) is 0.522. The Hall–Kier alpha value is -2.46. The molecule has 2 heterocycles. The van der Waals surface area contributed by atoms with Gasteiger partial charge in [-0.2, -0.15) is 0 Å². The van der Waals surface area contributed by atoms with Crippen LogP contribution in [-0.2, 0) is 24.3 Å². The molecule has 3 rings (SSSR count). The van der Waals surface area contributed by atoms with Crippen LogP contribution in [0.25, 0.3) is 0 Å². The van der Waals surface area contributed by atoms with E-state index in [4.69, 9.17) is 4.74 Å². The highest BCUT2D eigenvalue weighted by molar-refractivity contribution is 7.90. The molecule has 2 N–H and O–H groups in total. The van der Waals surface area contributed by atoms with Gasteiger partial charge in [0.15, 0.2) is 0 Å². The topological polar surface area (TPSA) is 117 Å². The van der Waals surface area contributed by atoms with Crippen molar-refractivity contribution in [3.05, 3.63) is 29.8 Å². The Bertz CT molecular complexity index is 986. The van der Waals surface area contributed by atoms with Crippen molar-refractivity contribution in [1.29, 1.82) is 0 Å². The summed E-state index contributed by atoms with van der Waals surface area (Å²) in [6, 6.07) is 5.95. The van der Waals surface area contributed by atoms with Crippen LogP contribution in [0.2, 0.25) is 0 Å². The molecule has 0 unspecified atom stereocenters. The van der Waals surface area contributed by atoms with Gasteiger partial charge in [-0.3, -0.25) is 19.3 Å². The maximum absolute atomic E-state index is 13.4. The van der Waals surface area contributed by atoms with Gasteiger partial charge < -0.3 is 15.0 Å². The molecular weight excluding hydrogens is 444 g/mol. The summed E-state index contributed by atoms with van der Waals surface area (Å²) < 4.78 is 32.4. The predicted molar refractivity (Wildman–Crippen MR) is 125 cm³/mol. The van der Waals surface area contributed by atoms with Gasteiger partial charge in [0.05, 0.1) is 4.90 Å². The molecule has 2 atom stereocenters. The van der Waals surface area contributed by atoms with Crippen molar-refractivity contribution in [1.82, 2.24) is 14.9 Å². The van der Waals surface area contributed by atoms with E-state index in [1.54, 1.807) is 30.2 Å². The Morgan fingerprint density at radius 3 is 2.64 bits per heavy atom. The first kappa shape index (κ1) is 25.2. The predicted octanol–water partition coefficient (Wildman–Crippen LogP) is 1.53. The number of sulfonamides is 1. The number of aliphatic imine (C=N–C) groups is 1. The third kappa shape index (κ3) is 5.92. The molecule has 10 heteroatoms. The lowest BCUT2D eigenvalue weighted by molar-refractivity contribution is -0.137. The van der Waals surface area contributed by atoms with Crippen molar-refractivity contribution in [2.45, 2.75) is 50.5 Å². The fourth-order valence-corrected chi connectivity index (χ4v) is 5.38. The number of amidine groups is 1. The van der Waals surface area contributed by atoms with Gasteiger partial charge in [0.1, 0.15) is 11.9 Å². The molecule has 2 aliphatic rings.